The molecule has 0 aliphatic carbocycles. The molecular formula is C17H15ClN2O4. The van der Waals surface area contributed by atoms with E-state index in [2.05, 4.69) is 10.6 Å². The van der Waals surface area contributed by atoms with Crippen molar-refractivity contribution < 1.29 is 19.1 Å². The second-order valence-electron chi connectivity index (χ2n) is 5.17. The van der Waals surface area contributed by atoms with Gasteiger partial charge in [-0.15, -0.1) is 0 Å². The van der Waals surface area contributed by atoms with Crippen molar-refractivity contribution >= 4 is 29.1 Å². The van der Waals surface area contributed by atoms with Gasteiger partial charge >= 0.3 is 0 Å². The molecule has 0 bridgehead atoms. The Morgan fingerprint density at radius 3 is 2.67 bits per heavy atom. The molecule has 0 aromatic heterocycles. The van der Waals surface area contributed by atoms with Gasteiger partial charge in [-0.05, 0) is 29.8 Å². The Hall–Kier alpha value is -2.73. The first-order valence-corrected chi connectivity index (χ1v) is 7.69. The van der Waals surface area contributed by atoms with E-state index in [-0.39, 0.29) is 19.1 Å². The Morgan fingerprint density at radius 1 is 1.04 bits per heavy atom. The van der Waals surface area contributed by atoms with Crippen LogP contribution in [0.3, 0.4) is 0 Å². The molecule has 6 nitrogen and oxygen atoms in total. The molecule has 1 aliphatic heterocycles. The van der Waals surface area contributed by atoms with Crippen molar-refractivity contribution in [2.75, 3.05) is 12.1 Å². The highest BCUT2D eigenvalue weighted by Crippen LogP contribution is 2.32. The first-order valence-electron chi connectivity index (χ1n) is 7.31. The average molecular weight is 347 g/mol. The maximum Gasteiger partial charge on any atom is 0.233 e. The van der Waals surface area contributed by atoms with Gasteiger partial charge < -0.3 is 20.1 Å². The Balaban J connectivity index is 1.49. The number of para-hydroxylation sites is 1. The zero-order valence-electron chi connectivity index (χ0n) is 12.7. The van der Waals surface area contributed by atoms with Crippen molar-refractivity contribution in [3.05, 3.63) is 53.1 Å². The Bertz CT molecular complexity index is 779. The second kappa shape index (κ2) is 7.23. The van der Waals surface area contributed by atoms with Crippen molar-refractivity contribution in [2.24, 2.45) is 0 Å². The van der Waals surface area contributed by atoms with E-state index in [0.29, 0.717) is 28.8 Å². The molecule has 0 unspecified atom stereocenters. The van der Waals surface area contributed by atoms with Crippen molar-refractivity contribution in [1.29, 1.82) is 0 Å². The van der Waals surface area contributed by atoms with E-state index in [1.807, 2.05) is 6.07 Å². The summed E-state index contributed by atoms with van der Waals surface area (Å²) in [6, 6.07) is 12.3. The number of rotatable bonds is 5. The van der Waals surface area contributed by atoms with E-state index in [1.54, 1.807) is 36.4 Å². The van der Waals surface area contributed by atoms with Crippen LogP contribution < -0.4 is 20.1 Å². The number of nitrogens with one attached hydrogen (secondary N) is 2. The number of carbonyl (C=O) groups is 2. The predicted molar refractivity (Wildman–Crippen MR) is 89.1 cm³/mol. The summed E-state index contributed by atoms with van der Waals surface area (Å²) in [5.74, 6) is 0.533. The van der Waals surface area contributed by atoms with Crippen molar-refractivity contribution in [1.82, 2.24) is 5.32 Å². The molecule has 0 saturated carbocycles. The average Bonchev–Trinajstić information content (AvgIpc) is 3.02. The van der Waals surface area contributed by atoms with E-state index in [4.69, 9.17) is 21.1 Å². The zero-order valence-corrected chi connectivity index (χ0v) is 13.4. The van der Waals surface area contributed by atoms with Crippen molar-refractivity contribution in [3.8, 4) is 11.5 Å². The van der Waals surface area contributed by atoms with Gasteiger partial charge in [0.25, 0.3) is 0 Å². The molecule has 2 N–H and O–H groups in total. The van der Waals surface area contributed by atoms with Gasteiger partial charge in [-0.1, -0.05) is 29.8 Å². The molecule has 0 radical (unpaired) electrons. The van der Waals surface area contributed by atoms with Crippen LogP contribution in [0.25, 0.3) is 0 Å². The first-order chi connectivity index (χ1) is 11.6. The highest BCUT2D eigenvalue weighted by atomic mass is 35.5. The smallest absolute Gasteiger partial charge is 0.233 e. The fourth-order valence-electron chi connectivity index (χ4n) is 2.22. The normalized spacial score (nSPS) is 11.9. The maximum atomic E-state index is 11.9. The van der Waals surface area contributed by atoms with Crippen LogP contribution in [0.1, 0.15) is 12.0 Å². The second-order valence-corrected chi connectivity index (χ2v) is 5.58. The fraction of sp³-hybridized carbons (Fsp3) is 0.176. The minimum Gasteiger partial charge on any atom is -0.454 e. The van der Waals surface area contributed by atoms with Crippen LogP contribution >= 0.6 is 11.6 Å². The van der Waals surface area contributed by atoms with Crippen LogP contribution in [0.4, 0.5) is 5.69 Å². The molecule has 0 spiro atoms. The Kier molecular flexibility index (Phi) is 4.86. The van der Waals surface area contributed by atoms with Crippen LogP contribution in [0, 0.1) is 0 Å². The van der Waals surface area contributed by atoms with Crippen LogP contribution in [-0.2, 0) is 16.1 Å². The van der Waals surface area contributed by atoms with E-state index in [9.17, 15) is 9.59 Å². The van der Waals surface area contributed by atoms with Crippen molar-refractivity contribution in [2.45, 2.75) is 13.0 Å². The number of benzene rings is 2. The van der Waals surface area contributed by atoms with Gasteiger partial charge in [-0.25, -0.2) is 0 Å². The quantitative estimate of drug-likeness (QED) is 0.816. The summed E-state index contributed by atoms with van der Waals surface area (Å²) in [6.45, 7) is 0.502. The number of hydrogen-bond donors (Lipinski definition) is 2. The highest BCUT2D eigenvalue weighted by molar-refractivity contribution is 6.33. The molecule has 24 heavy (non-hydrogen) atoms. The summed E-state index contributed by atoms with van der Waals surface area (Å²) < 4.78 is 10.5. The topological polar surface area (TPSA) is 76.7 Å². The number of fused-ring (bicyclic) bond motifs is 1. The minimum atomic E-state index is -0.425. The number of amides is 2. The maximum absolute atomic E-state index is 11.9. The Morgan fingerprint density at radius 2 is 1.83 bits per heavy atom. The third-order valence-electron chi connectivity index (χ3n) is 3.40. The molecule has 2 amide bonds. The van der Waals surface area contributed by atoms with Crippen LogP contribution in [0.15, 0.2) is 42.5 Å². The summed E-state index contributed by atoms with van der Waals surface area (Å²) in [5.41, 5.74) is 1.34. The lowest BCUT2D eigenvalue weighted by molar-refractivity contribution is -0.126. The van der Waals surface area contributed by atoms with Gasteiger partial charge in [0.2, 0.25) is 18.6 Å². The highest BCUT2D eigenvalue weighted by Gasteiger charge is 2.14. The van der Waals surface area contributed by atoms with Gasteiger partial charge in [0.1, 0.15) is 6.42 Å². The SMILES string of the molecule is O=C(CC(=O)Nc1ccccc1Cl)NCc1ccc2c(c1)OCO2. The summed E-state index contributed by atoms with van der Waals surface area (Å²) in [6.07, 6.45) is -0.282. The van der Waals surface area contributed by atoms with Gasteiger partial charge in [0.15, 0.2) is 11.5 Å². The van der Waals surface area contributed by atoms with Gasteiger partial charge in [0, 0.05) is 6.54 Å². The number of carbonyl (C=O) groups excluding carboxylic acids is 2. The lowest BCUT2D eigenvalue weighted by Crippen LogP contribution is -2.27. The summed E-state index contributed by atoms with van der Waals surface area (Å²) >= 11 is 5.96. The molecule has 2 aromatic rings. The monoisotopic (exact) mass is 346 g/mol. The van der Waals surface area contributed by atoms with E-state index < -0.39 is 5.91 Å². The third kappa shape index (κ3) is 3.97. The molecule has 1 heterocycles. The lowest BCUT2D eigenvalue weighted by atomic mass is 10.2. The standard InChI is InChI=1S/C17H15ClN2O4/c18-12-3-1-2-4-13(12)20-17(22)8-16(21)19-9-11-5-6-14-15(7-11)24-10-23-14/h1-7H,8-10H2,(H,19,21)(H,20,22). The zero-order chi connectivity index (χ0) is 16.9. The van der Waals surface area contributed by atoms with Crippen molar-refractivity contribution in [3.63, 3.8) is 0 Å². The first kappa shape index (κ1) is 16.1. The molecule has 1 aliphatic rings. The third-order valence-corrected chi connectivity index (χ3v) is 3.73. The number of ether oxygens (including phenoxy) is 2. The molecule has 0 fully saturated rings. The fourth-order valence-corrected chi connectivity index (χ4v) is 2.40. The van der Waals surface area contributed by atoms with Crippen LogP contribution in [0.2, 0.25) is 5.02 Å². The minimum absolute atomic E-state index is 0.202. The van der Waals surface area contributed by atoms with Crippen LogP contribution in [-0.4, -0.2) is 18.6 Å². The molecule has 0 saturated heterocycles. The largest absolute Gasteiger partial charge is 0.454 e. The van der Waals surface area contributed by atoms with Crippen LogP contribution in [0.5, 0.6) is 11.5 Å². The molecule has 2 aromatic carbocycles. The Labute approximate surface area is 143 Å². The van der Waals surface area contributed by atoms with E-state index >= 15 is 0 Å². The number of hydrogen-bond acceptors (Lipinski definition) is 4. The molecule has 124 valence electrons. The van der Waals surface area contributed by atoms with E-state index in [0.717, 1.165) is 5.56 Å². The van der Waals surface area contributed by atoms with Gasteiger partial charge in [-0.3, -0.25) is 9.59 Å². The summed E-state index contributed by atoms with van der Waals surface area (Å²) in [7, 11) is 0. The van der Waals surface area contributed by atoms with E-state index in [1.165, 1.54) is 0 Å². The number of anilines is 1. The van der Waals surface area contributed by atoms with Gasteiger partial charge in [-0.2, -0.15) is 0 Å². The lowest BCUT2D eigenvalue weighted by Gasteiger charge is -2.08. The summed E-state index contributed by atoms with van der Waals surface area (Å²) in [4.78, 5) is 23.7. The number of halogens is 1. The molecule has 0 atom stereocenters. The van der Waals surface area contributed by atoms with Gasteiger partial charge in [0.05, 0.1) is 10.7 Å². The molecular weight excluding hydrogens is 332 g/mol. The molecule has 7 heteroatoms. The summed E-state index contributed by atoms with van der Waals surface area (Å²) in [5, 5.41) is 5.72. The molecule has 3 rings (SSSR count). The predicted octanol–water partition coefficient (Wildman–Crippen LogP) is 2.71.